The minimum atomic E-state index is -4.73. The second kappa shape index (κ2) is 7.07. The van der Waals surface area contributed by atoms with Crippen LogP contribution in [0.1, 0.15) is 55.4 Å². The Morgan fingerprint density at radius 2 is 2.11 bits per heavy atom. The van der Waals surface area contributed by atoms with E-state index in [-0.39, 0.29) is 22.9 Å². The summed E-state index contributed by atoms with van der Waals surface area (Å²) in [5.74, 6) is 1.16. The number of aliphatic imine (C=N–C) groups is 1. The van der Waals surface area contributed by atoms with Gasteiger partial charge in [-0.05, 0) is 38.0 Å². The Balaban J connectivity index is 1.74. The summed E-state index contributed by atoms with van der Waals surface area (Å²) in [4.78, 5) is 9.09. The Morgan fingerprint density at radius 3 is 2.82 bits per heavy atom. The average Bonchev–Trinajstić information content (AvgIpc) is 3.24. The number of hydrogen-bond donors (Lipinski definition) is 1. The molecule has 0 fully saturated rings. The third-order valence-electron chi connectivity index (χ3n) is 4.76. The van der Waals surface area contributed by atoms with Crippen molar-refractivity contribution in [1.29, 1.82) is 0 Å². The molecule has 3 atom stereocenters. The summed E-state index contributed by atoms with van der Waals surface area (Å²) in [5.41, 5.74) is 0.343. The molecule has 0 amide bonds. The van der Waals surface area contributed by atoms with Gasteiger partial charge in [-0.25, -0.2) is 9.67 Å². The number of hydrogen-bond acceptors (Lipinski definition) is 6. The van der Waals surface area contributed by atoms with E-state index < -0.39 is 12.3 Å². The zero-order valence-electron chi connectivity index (χ0n) is 15.2. The third-order valence-corrected chi connectivity index (χ3v) is 6.07. The zero-order valence-corrected chi connectivity index (χ0v) is 16.0. The first-order valence-corrected chi connectivity index (χ1v) is 9.79. The van der Waals surface area contributed by atoms with Crippen molar-refractivity contribution in [2.45, 2.75) is 49.9 Å². The van der Waals surface area contributed by atoms with Crippen LogP contribution < -0.4 is 4.74 Å². The van der Waals surface area contributed by atoms with E-state index >= 15 is 0 Å². The maximum Gasteiger partial charge on any atom is 0.418 e. The topological polar surface area (TPSA) is 72.5 Å². The van der Waals surface area contributed by atoms with E-state index in [1.807, 2.05) is 13.8 Å². The van der Waals surface area contributed by atoms with Gasteiger partial charge in [0, 0.05) is 16.9 Å². The monoisotopic (exact) mass is 412 g/mol. The van der Waals surface area contributed by atoms with E-state index in [9.17, 15) is 18.3 Å². The van der Waals surface area contributed by atoms with Crippen LogP contribution in [0.3, 0.4) is 0 Å². The molecule has 0 radical (unpaired) electrons. The average molecular weight is 412 g/mol. The Bertz CT molecular complexity index is 912. The summed E-state index contributed by atoms with van der Waals surface area (Å²) in [6.45, 7) is 4.43. The largest absolute Gasteiger partial charge is 0.493 e. The third kappa shape index (κ3) is 3.39. The Hall–Kier alpha value is -2.07. The van der Waals surface area contributed by atoms with Crippen LogP contribution in [0.15, 0.2) is 29.5 Å². The fourth-order valence-corrected chi connectivity index (χ4v) is 4.66. The highest BCUT2D eigenvalue weighted by Crippen LogP contribution is 2.47. The van der Waals surface area contributed by atoms with Gasteiger partial charge in [-0.3, -0.25) is 4.99 Å². The molecule has 0 saturated carbocycles. The predicted octanol–water partition coefficient (Wildman–Crippen LogP) is 3.84. The lowest BCUT2D eigenvalue weighted by Crippen LogP contribution is -2.20. The summed E-state index contributed by atoms with van der Waals surface area (Å²) in [5, 5.41) is 14.6. The number of aromatic nitrogens is 3. The molecule has 28 heavy (non-hydrogen) atoms. The highest BCUT2D eigenvalue weighted by atomic mass is 32.2. The van der Waals surface area contributed by atoms with Crippen molar-refractivity contribution in [2.24, 2.45) is 4.99 Å². The molecule has 0 saturated heterocycles. The number of rotatable bonds is 3. The fourth-order valence-electron chi connectivity index (χ4n) is 3.40. The molecule has 0 aliphatic carbocycles. The van der Waals surface area contributed by atoms with Crippen molar-refractivity contribution in [1.82, 2.24) is 14.8 Å². The van der Waals surface area contributed by atoms with Crippen LogP contribution >= 0.6 is 11.8 Å². The van der Waals surface area contributed by atoms with Crippen LogP contribution in [-0.4, -0.2) is 42.9 Å². The first-order valence-electron chi connectivity index (χ1n) is 8.91. The standard InChI is InChI=1S/C18H19F3N4O2S/c1-9(2)25-16(22-8-23-25)17-24-14-11-7-10(15(26)18(19,20)21)3-4-12(11)27-6-5-13(14)28-17/h3-4,7-9,13-15,26H,5-6H2,1-2H3. The van der Waals surface area contributed by atoms with Gasteiger partial charge >= 0.3 is 6.18 Å². The molecule has 1 aromatic carbocycles. The number of fused-ring (bicyclic) bond motifs is 3. The molecule has 150 valence electrons. The number of nitrogens with zero attached hydrogens (tertiary/aromatic N) is 4. The van der Waals surface area contributed by atoms with E-state index in [2.05, 4.69) is 10.1 Å². The second-order valence-corrected chi connectivity index (χ2v) is 8.26. The summed E-state index contributed by atoms with van der Waals surface area (Å²) in [7, 11) is 0. The number of halogens is 3. The molecule has 3 unspecified atom stereocenters. The maximum absolute atomic E-state index is 13.0. The van der Waals surface area contributed by atoms with Crippen molar-refractivity contribution in [3.63, 3.8) is 0 Å². The van der Waals surface area contributed by atoms with Crippen LogP contribution in [0.5, 0.6) is 5.75 Å². The SMILES string of the molecule is CC(C)n1ncnc1C1=NC2c3cc(C(O)C(F)(F)F)ccc3OCCC2S1. The molecular weight excluding hydrogens is 393 g/mol. The molecule has 10 heteroatoms. The highest BCUT2D eigenvalue weighted by molar-refractivity contribution is 8.15. The van der Waals surface area contributed by atoms with E-state index in [4.69, 9.17) is 9.73 Å². The lowest BCUT2D eigenvalue weighted by Gasteiger charge is -2.19. The molecular formula is C18H19F3N4O2S. The van der Waals surface area contributed by atoms with Gasteiger partial charge in [0.25, 0.3) is 0 Å². The van der Waals surface area contributed by atoms with Crippen molar-refractivity contribution >= 4 is 16.8 Å². The van der Waals surface area contributed by atoms with Gasteiger partial charge in [0.15, 0.2) is 11.9 Å². The normalized spacial score (nSPS) is 22.9. The maximum atomic E-state index is 13.0. The molecule has 2 aliphatic heterocycles. The molecule has 2 aromatic rings. The number of aliphatic hydroxyl groups is 1. The number of aliphatic hydroxyl groups excluding tert-OH is 1. The Kier molecular flexibility index (Phi) is 4.86. The fraction of sp³-hybridized carbons (Fsp3) is 0.500. The van der Waals surface area contributed by atoms with Crippen LogP contribution in [0, 0.1) is 0 Å². The molecule has 0 bridgehead atoms. The minimum Gasteiger partial charge on any atom is -0.493 e. The Labute approximate surface area is 163 Å². The number of thioether (sulfide) groups is 1. The van der Waals surface area contributed by atoms with Crippen molar-refractivity contribution in [2.75, 3.05) is 6.61 Å². The first-order chi connectivity index (χ1) is 13.3. The minimum absolute atomic E-state index is 0.0202. The van der Waals surface area contributed by atoms with Gasteiger partial charge in [0.05, 0.1) is 12.6 Å². The summed E-state index contributed by atoms with van der Waals surface area (Å²) < 4.78 is 46.3. The summed E-state index contributed by atoms with van der Waals surface area (Å²) in [6, 6.07) is 3.83. The lowest BCUT2D eigenvalue weighted by atomic mass is 9.97. The van der Waals surface area contributed by atoms with Crippen LogP contribution in [-0.2, 0) is 0 Å². The first kappa shape index (κ1) is 19.3. The summed E-state index contributed by atoms with van der Waals surface area (Å²) in [6.07, 6.45) is -5.10. The number of ether oxygens (including phenoxy) is 1. The quantitative estimate of drug-likeness (QED) is 0.829. The van der Waals surface area contributed by atoms with Crippen LogP contribution in [0.25, 0.3) is 0 Å². The summed E-state index contributed by atoms with van der Waals surface area (Å²) >= 11 is 1.54. The van der Waals surface area contributed by atoms with Crippen molar-refractivity contribution < 1.29 is 23.0 Å². The Morgan fingerprint density at radius 1 is 1.32 bits per heavy atom. The van der Waals surface area contributed by atoms with Gasteiger partial charge in [-0.2, -0.15) is 18.3 Å². The van der Waals surface area contributed by atoms with Gasteiger partial charge in [-0.15, -0.1) is 0 Å². The molecule has 1 aromatic heterocycles. The number of benzene rings is 1. The van der Waals surface area contributed by atoms with Gasteiger partial charge in [0.1, 0.15) is 17.1 Å². The molecule has 1 N–H and O–H groups in total. The highest BCUT2D eigenvalue weighted by Gasteiger charge is 2.41. The van der Waals surface area contributed by atoms with E-state index in [0.717, 1.165) is 5.04 Å². The lowest BCUT2D eigenvalue weighted by molar-refractivity contribution is -0.206. The van der Waals surface area contributed by atoms with E-state index in [1.165, 1.54) is 24.5 Å². The van der Waals surface area contributed by atoms with Gasteiger partial charge < -0.3 is 9.84 Å². The van der Waals surface area contributed by atoms with E-state index in [1.54, 1.807) is 16.4 Å². The smallest absolute Gasteiger partial charge is 0.418 e. The number of alkyl halides is 3. The zero-order chi connectivity index (χ0) is 20.1. The molecule has 4 rings (SSSR count). The molecule has 2 aliphatic rings. The van der Waals surface area contributed by atoms with Gasteiger partial charge in [0.2, 0.25) is 0 Å². The van der Waals surface area contributed by atoms with Gasteiger partial charge in [-0.1, -0.05) is 17.8 Å². The molecule has 3 heterocycles. The van der Waals surface area contributed by atoms with Crippen LogP contribution in [0.2, 0.25) is 0 Å². The van der Waals surface area contributed by atoms with Crippen molar-refractivity contribution in [3.8, 4) is 5.75 Å². The van der Waals surface area contributed by atoms with Crippen LogP contribution in [0.4, 0.5) is 13.2 Å². The predicted molar refractivity (Wildman–Crippen MR) is 98.6 cm³/mol. The van der Waals surface area contributed by atoms with E-state index in [0.29, 0.717) is 30.2 Å². The second-order valence-electron chi connectivity index (χ2n) is 7.04. The van der Waals surface area contributed by atoms with Crippen molar-refractivity contribution in [3.05, 3.63) is 41.5 Å². The molecule has 6 nitrogen and oxygen atoms in total. The molecule has 0 spiro atoms.